The number of carboxylic acid groups (broad SMARTS) is 1. The topological polar surface area (TPSA) is 58.6 Å². The molecule has 1 aromatic rings. The third-order valence-corrected chi connectivity index (χ3v) is 1.98. The molecule has 0 saturated heterocycles. The summed E-state index contributed by atoms with van der Waals surface area (Å²) < 4.78 is 0. The van der Waals surface area contributed by atoms with Crippen molar-refractivity contribution in [3.05, 3.63) is 30.3 Å². The maximum absolute atomic E-state index is 10.8. The number of rotatable bonds is 5. The van der Waals surface area contributed by atoms with E-state index in [2.05, 4.69) is 5.48 Å². The van der Waals surface area contributed by atoms with Crippen LogP contribution in [-0.2, 0) is 4.79 Å². The molecular formula is C11H15NO3. The molecule has 0 radical (unpaired) electrons. The van der Waals surface area contributed by atoms with Crippen molar-refractivity contribution in [3.8, 4) is 5.75 Å². The fourth-order valence-electron chi connectivity index (χ4n) is 1.09. The summed E-state index contributed by atoms with van der Waals surface area (Å²) in [7, 11) is 0. The van der Waals surface area contributed by atoms with Crippen molar-refractivity contribution in [3.63, 3.8) is 0 Å². The summed E-state index contributed by atoms with van der Waals surface area (Å²) in [5, 5.41) is 8.88. The Hall–Kier alpha value is -1.55. The molecule has 4 heteroatoms. The zero-order valence-corrected chi connectivity index (χ0v) is 8.81. The number of aliphatic carboxylic acids is 1. The molecule has 0 amide bonds. The largest absolute Gasteiger partial charge is 0.480 e. The average Bonchev–Trinajstić information content (AvgIpc) is 2.18. The third-order valence-electron chi connectivity index (χ3n) is 1.98. The summed E-state index contributed by atoms with van der Waals surface area (Å²) in [5.41, 5.74) is 2.54. The minimum Gasteiger partial charge on any atom is -0.480 e. The van der Waals surface area contributed by atoms with Crippen molar-refractivity contribution in [2.24, 2.45) is 5.92 Å². The van der Waals surface area contributed by atoms with E-state index in [4.69, 9.17) is 9.94 Å². The molecule has 1 rings (SSSR count). The molecule has 0 spiro atoms. The lowest BCUT2D eigenvalue weighted by molar-refractivity contribution is -0.143. The molecule has 2 N–H and O–H groups in total. The first-order chi connectivity index (χ1) is 7.11. The van der Waals surface area contributed by atoms with Crippen LogP contribution in [0.15, 0.2) is 30.3 Å². The van der Waals surface area contributed by atoms with Crippen molar-refractivity contribution >= 4 is 5.97 Å². The molecule has 82 valence electrons. The molecule has 4 nitrogen and oxygen atoms in total. The van der Waals surface area contributed by atoms with Crippen molar-refractivity contribution in [1.82, 2.24) is 5.48 Å². The fraction of sp³-hybridized carbons (Fsp3) is 0.364. The van der Waals surface area contributed by atoms with E-state index in [0.717, 1.165) is 0 Å². The molecule has 0 aliphatic heterocycles. The Labute approximate surface area is 88.8 Å². The summed E-state index contributed by atoms with van der Waals surface area (Å²) in [6.07, 6.45) is 0. The lowest BCUT2D eigenvalue weighted by Crippen LogP contribution is -2.42. The standard InChI is InChI=1S/C11H15NO3/c1-8(2)10(11(13)14)12-15-9-6-4-3-5-7-9/h3-8,10,12H,1-2H3,(H,13,14)/t10-/m0/s1. The summed E-state index contributed by atoms with van der Waals surface area (Å²) in [6, 6.07) is 8.32. The van der Waals surface area contributed by atoms with Gasteiger partial charge in [0.1, 0.15) is 11.8 Å². The van der Waals surface area contributed by atoms with Gasteiger partial charge in [-0.1, -0.05) is 32.0 Å². The Morgan fingerprint density at radius 3 is 2.40 bits per heavy atom. The SMILES string of the molecule is CC(C)[C@H](NOc1ccccc1)C(=O)O. The highest BCUT2D eigenvalue weighted by Gasteiger charge is 2.21. The van der Waals surface area contributed by atoms with Crippen LogP contribution < -0.4 is 10.3 Å². The van der Waals surface area contributed by atoms with Crippen LogP contribution in [0, 0.1) is 5.92 Å². The predicted molar refractivity (Wildman–Crippen MR) is 56.5 cm³/mol. The predicted octanol–water partition coefficient (Wildman–Crippen LogP) is 1.68. The van der Waals surface area contributed by atoms with Crippen LogP contribution in [0.25, 0.3) is 0 Å². The van der Waals surface area contributed by atoms with Crippen molar-refractivity contribution in [2.45, 2.75) is 19.9 Å². The normalized spacial score (nSPS) is 12.5. The number of carboxylic acids is 1. The quantitative estimate of drug-likeness (QED) is 0.724. The first-order valence-electron chi connectivity index (χ1n) is 4.81. The first kappa shape index (κ1) is 11.5. The molecule has 0 heterocycles. The molecule has 15 heavy (non-hydrogen) atoms. The van der Waals surface area contributed by atoms with Crippen LogP contribution in [0.3, 0.4) is 0 Å². The molecule has 0 aromatic heterocycles. The summed E-state index contributed by atoms with van der Waals surface area (Å²) in [6.45, 7) is 3.64. The average molecular weight is 209 g/mol. The van der Waals surface area contributed by atoms with E-state index in [1.165, 1.54) is 0 Å². The smallest absolute Gasteiger partial charge is 0.324 e. The maximum atomic E-state index is 10.8. The monoisotopic (exact) mass is 209 g/mol. The lowest BCUT2D eigenvalue weighted by atomic mass is 10.1. The van der Waals surface area contributed by atoms with Crippen LogP contribution in [0.5, 0.6) is 5.75 Å². The molecule has 0 bridgehead atoms. The van der Waals surface area contributed by atoms with Gasteiger partial charge in [-0.2, -0.15) is 0 Å². The second-order valence-corrected chi connectivity index (χ2v) is 3.59. The van der Waals surface area contributed by atoms with E-state index >= 15 is 0 Å². The zero-order valence-electron chi connectivity index (χ0n) is 8.81. The van der Waals surface area contributed by atoms with E-state index in [1.807, 2.05) is 32.0 Å². The summed E-state index contributed by atoms with van der Waals surface area (Å²) in [5.74, 6) is -0.350. The highest BCUT2D eigenvalue weighted by atomic mass is 16.6. The van der Waals surface area contributed by atoms with Gasteiger partial charge in [0.25, 0.3) is 0 Å². The molecular weight excluding hydrogens is 194 g/mol. The number of para-hydroxylation sites is 1. The first-order valence-corrected chi connectivity index (χ1v) is 4.81. The van der Waals surface area contributed by atoms with Gasteiger partial charge in [-0.3, -0.25) is 4.79 Å². The Morgan fingerprint density at radius 1 is 1.33 bits per heavy atom. The van der Waals surface area contributed by atoms with Gasteiger partial charge in [0, 0.05) is 0 Å². The Morgan fingerprint density at radius 2 is 1.93 bits per heavy atom. The Balaban J connectivity index is 2.51. The van der Waals surface area contributed by atoms with Gasteiger partial charge < -0.3 is 9.94 Å². The van der Waals surface area contributed by atoms with Crippen molar-refractivity contribution < 1.29 is 14.7 Å². The second-order valence-electron chi connectivity index (χ2n) is 3.59. The fourth-order valence-corrected chi connectivity index (χ4v) is 1.09. The third kappa shape index (κ3) is 3.59. The van der Waals surface area contributed by atoms with Gasteiger partial charge in [0.15, 0.2) is 0 Å². The van der Waals surface area contributed by atoms with Gasteiger partial charge in [0.2, 0.25) is 0 Å². The zero-order chi connectivity index (χ0) is 11.3. The van der Waals surface area contributed by atoms with Gasteiger partial charge >= 0.3 is 5.97 Å². The number of hydrogen-bond donors (Lipinski definition) is 2. The number of hydroxylamine groups is 1. The van der Waals surface area contributed by atoms with E-state index in [0.29, 0.717) is 5.75 Å². The van der Waals surface area contributed by atoms with Gasteiger partial charge in [-0.05, 0) is 18.1 Å². The molecule has 1 atom stereocenters. The van der Waals surface area contributed by atoms with Crippen LogP contribution in [0.4, 0.5) is 0 Å². The molecule has 0 fully saturated rings. The summed E-state index contributed by atoms with van der Waals surface area (Å²) in [4.78, 5) is 16.0. The highest BCUT2D eigenvalue weighted by molar-refractivity contribution is 5.73. The lowest BCUT2D eigenvalue weighted by Gasteiger charge is -2.17. The maximum Gasteiger partial charge on any atom is 0.324 e. The molecule has 0 aliphatic carbocycles. The minimum atomic E-state index is -0.916. The van der Waals surface area contributed by atoms with Crippen molar-refractivity contribution in [1.29, 1.82) is 0 Å². The van der Waals surface area contributed by atoms with Crippen LogP contribution in [-0.4, -0.2) is 17.1 Å². The van der Waals surface area contributed by atoms with E-state index in [1.54, 1.807) is 12.1 Å². The van der Waals surface area contributed by atoms with E-state index in [-0.39, 0.29) is 5.92 Å². The molecule has 1 aromatic carbocycles. The van der Waals surface area contributed by atoms with Gasteiger partial charge in [-0.15, -0.1) is 5.48 Å². The molecule has 0 saturated carbocycles. The van der Waals surface area contributed by atoms with Gasteiger partial charge in [-0.25, -0.2) is 0 Å². The Bertz CT molecular complexity index is 311. The Kier molecular flexibility index (Phi) is 4.12. The molecule has 0 aliphatic rings. The van der Waals surface area contributed by atoms with Crippen molar-refractivity contribution in [2.75, 3.05) is 0 Å². The number of hydrogen-bond acceptors (Lipinski definition) is 3. The number of benzene rings is 1. The molecule has 0 unspecified atom stereocenters. The number of carbonyl (C=O) groups is 1. The van der Waals surface area contributed by atoms with E-state index < -0.39 is 12.0 Å². The second kappa shape index (κ2) is 5.36. The summed E-state index contributed by atoms with van der Waals surface area (Å²) >= 11 is 0. The van der Waals surface area contributed by atoms with Crippen LogP contribution in [0.2, 0.25) is 0 Å². The van der Waals surface area contributed by atoms with Crippen LogP contribution >= 0.6 is 0 Å². The number of nitrogens with one attached hydrogen (secondary N) is 1. The van der Waals surface area contributed by atoms with Crippen LogP contribution in [0.1, 0.15) is 13.8 Å². The minimum absolute atomic E-state index is 0.0359. The van der Waals surface area contributed by atoms with E-state index in [9.17, 15) is 4.79 Å². The highest BCUT2D eigenvalue weighted by Crippen LogP contribution is 2.08. The van der Waals surface area contributed by atoms with Gasteiger partial charge in [0.05, 0.1) is 0 Å².